The normalized spacial score (nSPS) is 10.9. The van der Waals surface area contributed by atoms with E-state index in [2.05, 4.69) is 5.32 Å². The lowest BCUT2D eigenvalue weighted by Crippen LogP contribution is -2.21. The monoisotopic (exact) mass is 469 g/mol. The van der Waals surface area contributed by atoms with Crippen LogP contribution in [0.2, 0.25) is 5.02 Å². The summed E-state index contributed by atoms with van der Waals surface area (Å²) in [6.07, 6.45) is 2.93. The van der Waals surface area contributed by atoms with Gasteiger partial charge in [-0.1, -0.05) is 84.4 Å². The number of carbonyl (C=O) groups is 3. The molecule has 34 heavy (non-hydrogen) atoms. The summed E-state index contributed by atoms with van der Waals surface area (Å²) < 4.78 is 5.07. The van der Waals surface area contributed by atoms with E-state index in [0.29, 0.717) is 10.6 Å². The van der Waals surface area contributed by atoms with Crippen LogP contribution in [0.3, 0.4) is 0 Å². The lowest BCUT2D eigenvalue weighted by molar-refractivity contribution is -0.142. The second-order valence-corrected chi connectivity index (χ2v) is 7.88. The van der Waals surface area contributed by atoms with Gasteiger partial charge < -0.3 is 10.1 Å². The summed E-state index contributed by atoms with van der Waals surface area (Å²) in [7, 11) is 0. The second-order valence-electron chi connectivity index (χ2n) is 7.44. The van der Waals surface area contributed by atoms with E-state index < -0.39 is 18.5 Å². The van der Waals surface area contributed by atoms with E-state index in [0.717, 1.165) is 16.3 Å². The number of hydrogen-bond donors (Lipinski definition) is 1. The fourth-order valence-electron chi connectivity index (χ4n) is 3.48. The number of amides is 1. The lowest BCUT2D eigenvalue weighted by Gasteiger charge is -2.11. The van der Waals surface area contributed by atoms with Gasteiger partial charge in [0.2, 0.25) is 0 Å². The highest BCUT2D eigenvalue weighted by Gasteiger charge is 2.16. The molecule has 0 heterocycles. The first kappa shape index (κ1) is 23.0. The number of carbonyl (C=O) groups excluding carboxylic acids is 3. The molecule has 0 bridgehead atoms. The van der Waals surface area contributed by atoms with Crippen molar-refractivity contribution in [3.05, 3.63) is 119 Å². The van der Waals surface area contributed by atoms with Crippen LogP contribution in [0.1, 0.15) is 21.5 Å². The van der Waals surface area contributed by atoms with Crippen LogP contribution in [0.5, 0.6) is 0 Å². The van der Waals surface area contributed by atoms with E-state index >= 15 is 0 Å². The molecular formula is C28H20ClNO4. The number of nitrogens with one attached hydrogen (secondary N) is 1. The standard InChI is InChI=1S/C28H20ClNO4/c29-22-14-15-25(24(17-22)28(33)21-8-2-1-3-9-21)30-26(31)18-34-27(32)16-13-20-11-6-10-19-7-4-5-12-23(19)20/h1-17H,18H2,(H,30,31)/b16-13+. The number of ether oxygens (including phenoxy) is 1. The van der Waals surface area contributed by atoms with Gasteiger partial charge in [-0.15, -0.1) is 0 Å². The minimum absolute atomic E-state index is 0.245. The summed E-state index contributed by atoms with van der Waals surface area (Å²) in [6.45, 7) is -0.500. The lowest BCUT2D eigenvalue weighted by atomic mass is 10.0. The molecule has 5 nitrogen and oxygen atoms in total. The topological polar surface area (TPSA) is 72.5 Å². The molecule has 0 aliphatic heterocycles. The molecule has 4 rings (SSSR count). The summed E-state index contributed by atoms with van der Waals surface area (Å²) in [5.74, 6) is -1.51. The predicted molar refractivity (Wildman–Crippen MR) is 134 cm³/mol. The minimum Gasteiger partial charge on any atom is -0.452 e. The molecule has 0 saturated heterocycles. The average molecular weight is 470 g/mol. The van der Waals surface area contributed by atoms with Crippen LogP contribution < -0.4 is 5.32 Å². The van der Waals surface area contributed by atoms with Crippen molar-refractivity contribution < 1.29 is 19.1 Å². The van der Waals surface area contributed by atoms with Gasteiger partial charge in [-0.25, -0.2) is 4.79 Å². The molecule has 6 heteroatoms. The smallest absolute Gasteiger partial charge is 0.331 e. The van der Waals surface area contributed by atoms with Gasteiger partial charge >= 0.3 is 5.97 Å². The fourth-order valence-corrected chi connectivity index (χ4v) is 3.66. The highest BCUT2D eigenvalue weighted by atomic mass is 35.5. The van der Waals surface area contributed by atoms with Gasteiger partial charge in [0, 0.05) is 22.2 Å². The molecule has 168 valence electrons. The molecule has 0 spiro atoms. The van der Waals surface area contributed by atoms with Gasteiger partial charge in [0.05, 0.1) is 5.69 Å². The van der Waals surface area contributed by atoms with Crippen LogP contribution >= 0.6 is 11.6 Å². The molecule has 1 amide bonds. The van der Waals surface area contributed by atoms with Crippen LogP contribution in [0.25, 0.3) is 16.8 Å². The molecule has 0 radical (unpaired) electrons. The van der Waals surface area contributed by atoms with Crippen molar-refractivity contribution in [1.29, 1.82) is 0 Å². The van der Waals surface area contributed by atoms with Crippen molar-refractivity contribution in [2.45, 2.75) is 0 Å². The number of ketones is 1. The molecule has 0 saturated carbocycles. The Morgan fingerprint density at radius 1 is 0.853 bits per heavy atom. The Balaban J connectivity index is 1.40. The van der Waals surface area contributed by atoms with Crippen molar-refractivity contribution in [2.24, 2.45) is 0 Å². The molecule has 1 N–H and O–H groups in total. The summed E-state index contributed by atoms with van der Waals surface area (Å²) >= 11 is 6.07. The van der Waals surface area contributed by atoms with E-state index in [1.165, 1.54) is 12.1 Å². The van der Waals surface area contributed by atoms with Crippen LogP contribution in [0.4, 0.5) is 5.69 Å². The zero-order valence-corrected chi connectivity index (χ0v) is 18.8. The first-order chi connectivity index (χ1) is 16.5. The summed E-state index contributed by atoms with van der Waals surface area (Å²) in [4.78, 5) is 37.4. The fraction of sp³-hybridized carbons (Fsp3) is 0.0357. The van der Waals surface area contributed by atoms with Crippen molar-refractivity contribution >= 4 is 51.8 Å². The van der Waals surface area contributed by atoms with Crippen molar-refractivity contribution in [3.63, 3.8) is 0 Å². The molecule has 0 atom stereocenters. The number of anilines is 1. The van der Waals surface area contributed by atoms with E-state index in [4.69, 9.17) is 16.3 Å². The maximum atomic E-state index is 12.9. The predicted octanol–water partition coefficient (Wildman–Crippen LogP) is 5.92. The zero-order chi connectivity index (χ0) is 23.9. The summed E-state index contributed by atoms with van der Waals surface area (Å²) in [6, 6.07) is 26.9. The Labute approximate surface area is 201 Å². The van der Waals surface area contributed by atoms with Crippen LogP contribution in [-0.4, -0.2) is 24.3 Å². The molecule has 4 aromatic carbocycles. The molecule has 4 aromatic rings. The van der Waals surface area contributed by atoms with Gasteiger partial charge in [-0.05, 0) is 40.6 Å². The molecule has 0 aliphatic rings. The highest BCUT2D eigenvalue weighted by molar-refractivity contribution is 6.31. The SMILES string of the molecule is O=C(COC(=O)/C=C/c1cccc2ccccc12)Nc1ccc(Cl)cc1C(=O)c1ccccc1. The Morgan fingerprint density at radius 3 is 2.41 bits per heavy atom. The summed E-state index contributed by atoms with van der Waals surface area (Å²) in [5, 5.41) is 5.05. The van der Waals surface area contributed by atoms with Crippen molar-refractivity contribution in [1.82, 2.24) is 0 Å². The van der Waals surface area contributed by atoms with Gasteiger partial charge in [0.1, 0.15) is 0 Å². The molecule has 0 fully saturated rings. The third-order valence-corrected chi connectivity index (χ3v) is 5.34. The maximum Gasteiger partial charge on any atom is 0.331 e. The van der Waals surface area contributed by atoms with Gasteiger partial charge in [0.15, 0.2) is 12.4 Å². The number of halogens is 1. The minimum atomic E-state index is -0.653. The third-order valence-electron chi connectivity index (χ3n) is 5.10. The molecule has 0 aliphatic carbocycles. The number of hydrogen-bond acceptors (Lipinski definition) is 4. The van der Waals surface area contributed by atoms with Gasteiger partial charge in [0.25, 0.3) is 5.91 Å². The first-order valence-electron chi connectivity index (χ1n) is 10.5. The largest absolute Gasteiger partial charge is 0.452 e. The molecule has 0 unspecified atom stereocenters. The zero-order valence-electron chi connectivity index (χ0n) is 18.0. The Kier molecular flexibility index (Phi) is 7.16. The van der Waals surface area contributed by atoms with E-state index in [1.807, 2.05) is 42.5 Å². The molecule has 0 aromatic heterocycles. The number of esters is 1. The van der Waals surface area contributed by atoms with Gasteiger partial charge in [-0.2, -0.15) is 0 Å². The van der Waals surface area contributed by atoms with Crippen molar-refractivity contribution in [2.75, 3.05) is 11.9 Å². The van der Waals surface area contributed by atoms with Crippen LogP contribution in [0, 0.1) is 0 Å². The second kappa shape index (κ2) is 10.6. The number of rotatable bonds is 7. The third kappa shape index (κ3) is 5.57. The quantitative estimate of drug-likeness (QED) is 0.207. The highest BCUT2D eigenvalue weighted by Crippen LogP contribution is 2.24. The number of benzene rings is 4. The van der Waals surface area contributed by atoms with E-state index in [1.54, 1.807) is 48.5 Å². The van der Waals surface area contributed by atoms with Crippen LogP contribution in [-0.2, 0) is 14.3 Å². The average Bonchev–Trinajstić information content (AvgIpc) is 2.87. The van der Waals surface area contributed by atoms with Crippen LogP contribution in [0.15, 0.2) is 97.1 Å². The van der Waals surface area contributed by atoms with Crippen molar-refractivity contribution in [3.8, 4) is 0 Å². The Hall–Kier alpha value is -4.22. The van der Waals surface area contributed by atoms with E-state index in [-0.39, 0.29) is 17.0 Å². The number of fused-ring (bicyclic) bond motifs is 1. The van der Waals surface area contributed by atoms with Gasteiger partial charge in [-0.3, -0.25) is 9.59 Å². The Bertz CT molecular complexity index is 1390. The first-order valence-corrected chi connectivity index (χ1v) is 10.9. The van der Waals surface area contributed by atoms with E-state index in [9.17, 15) is 14.4 Å². The Morgan fingerprint density at radius 2 is 1.59 bits per heavy atom. The maximum absolute atomic E-state index is 12.9. The molecular weight excluding hydrogens is 450 g/mol. The summed E-state index contributed by atoms with van der Waals surface area (Å²) in [5.41, 5.74) is 1.86.